The molecule has 0 unspecified atom stereocenters. The molecular formula is C26H20BrN3O6. The van der Waals surface area contributed by atoms with Crippen molar-refractivity contribution in [1.82, 2.24) is 4.98 Å². The van der Waals surface area contributed by atoms with E-state index >= 15 is 0 Å². The molecule has 0 saturated carbocycles. The molecule has 0 saturated heterocycles. The number of non-ortho nitro benzene ring substituents is 1. The number of ether oxygens (including phenoxy) is 2. The van der Waals surface area contributed by atoms with Crippen molar-refractivity contribution in [3.63, 3.8) is 0 Å². The standard InChI is InChI=1S/C26H20BrN3O6/c1-15(25(31)29-23-13-18(30(33)34)10-11-24(23)35-2)36-26(32)20-14-22(16-6-5-7-17(27)12-16)28-21-9-4-3-8-19(20)21/h3-15H,1-2H3,(H,29,31)/t15-/m1/s1. The van der Waals surface area contributed by atoms with E-state index in [1.54, 1.807) is 24.3 Å². The Bertz CT molecular complexity index is 1490. The molecule has 0 aliphatic heterocycles. The van der Waals surface area contributed by atoms with Crippen molar-refractivity contribution in [2.75, 3.05) is 12.4 Å². The van der Waals surface area contributed by atoms with Crippen molar-refractivity contribution < 1.29 is 24.0 Å². The molecule has 0 aliphatic carbocycles. The van der Waals surface area contributed by atoms with E-state index in [4.69, 9.17) is 9.47 Å². The molecule has 4 rings (SSSR count). The van der Waals surface area contributed by atoms with Gasteiger partial charge in [-0.2, -0.15) is 0 Å². The number of benzene rings is 3. The number of esters is 1. The number of carbonyl (C=O) groups excluding carboxylic acids is 2. The van der Waals surface area contributed by atoms with Gasteiger partial charge in [0.05, 0.1) is 34.5 Å². The fourth-order valence-electron chi connectivity index (χ4n) is 3.56. The number of halogens is 1. The first kappa shape index (κ1) is 24.8. The van der Waals surface area contributed by atoms with Gasteiger partial charge < -0.3 is 14.8 Å². The lowest BCUT2D eigenvalue weighted by atomic mass is 10.0. The number of pyridine rings is 1. The summed E-state index contributed by atoms with van der Waals surface area (Å²) in [6, 6.07) is 20.1. The Morgan fingerprint density at radius 2 is 1.83 bits per heavy atom. The number of amides is 1. The van der Waals surface area contributed by atoms with Gasteiger partial charge in [-0.1, -0.05) is 46.3 Å². The summed E-state index contributed by atoms with van der Waals surface area (Å²) in [6.07, 6.45) is -1.21. The molecule has 1 aromatic heterocycles. The minimum absolute atomic E-state index is 0.0888. The normalized spacial score (nSPS) is 11.5. The molecule has 0 fully saturated rings. The van der Waals surface area contributed by atoms with Gasteiger partial charge in [-0.25, -0.2) is 9.78 Å². The third-order valence-corrected chi connectivity index (χ3v) is 5.85. The minimum atomic E-state index is -1.21. The lowest BCUT2D eigenvalue weighted by molar-refractivity contribution is -0.384. The average Bonchev–Trinajstić information content (AvgIpc) is 2.87. The number of hydrogen-bond acceptors (Lipinski definition) is 7. The minimum Gasteiger partial charge on any atom is -0.495 e. The lowest BCUT2D eigenvalue weighted by Gasteiger charge is -2.16. The molecule has 3 aromatic carbocycles. The first-order chi connectivity index (χ1) is 17.3. The maximum atomic E-state index is 13.2. The molecule has 10 heteroatoms. The van der Waals surface area contributed by atoms with Crippen LogP contribution in [0.2, 0.25) is 0 Å². The smallest absolute Gasteiger partial charge is 0.339 e. The third kappa shape index (κ3) is 5.33. The van der Waals surface area contributed by atoms with Gasteiger partial charge >= 0.3 is 5.97 Å². The van der Waals surface area contributed by atoms with Gasteiger partial charge in [0.25, 0.3) is 11.6 Å². The summed E-state index contributed by atoms with van der Waals surface area (Å²) in [5.41, 5.74) is 2.08. The van der Waals surface area contributed by atoms with Crippen LogP contribution < -0.4 is 10.1 Å². The van der Waals surface area contributed by atoms with Gasteiger partial charge in [0.15, 0.2) is 6.10 Å². The van der Waals surface area contributed by atoms with Crippen LogP contribution in [0.25, 0.3) is 22.2 Å². The number of methoxy groups -OCH3 is 1. The number of carbonyl (C=O) groups is 2. The maximum absolute atomic E-state index is 13.2. The SMILES string of the molecule is COc1ccc([N+](=O)[O-])cc1NC(=O)[C@@H](C)OC(=O)c1cc(-c2cccc(Br)c2)nc2ccccc12. The molecule has 1 heterocycles. The summed E-state index contributed by atoms with van der Waals surface area (Å²) in [5, 5.41) is 14.2. The Balaban J connectivity index is 1.60. The zero-order valence-corrected chi connectivity index (χ0v) is 20.8. The highest BCUT2D eigenvalue weighted by Crippen LogP contribution is 2.30. The van der Waals surface area contributed by atoms with Crippen molar-refractivity contribution in [3.05, 3.63) is 92.9 Å². The molecule has 1 amide bonds. The molecule has 0 bridgehead atoms. The molecule has 1 N–H and O–H groups in total. The number of nitrogens with one attached hydrogen (secondary N) is 1. The van der Waals surface area contributed by atoms with Crippen LogP contribution in [0.5, 0.6) is 5.75 Å². The quantitative estimate of drug-likeness (QED) is 0.176. The van der Waals surface area contributed by atoms with E-state index in [0.717, 1.165) is 10.0 Å². The van der Waals surface area contributed by atoms with Gasteiger partial charge in [-0.15, -0.1) is 0 Å². The Kier molecular flexibility index (Phi) is 7.25. The molecule has 36 heavy (non-hydrogen) atoms. The summed E-state index contributed by atoms with van der Waals surface area (Å²) < 4.78 is 11.5. The number of rotatable bonds is 7. The van der Waals surface area contributed by atoms with Gasteiger partial charge in [0.1, 0.15) is 5.75 Å². The summed E-state index contributed by atoms with van der Waals surface area (Å²) in [6.45, 7) is 1.41. The number of nitrogens with zero attached hydrogens (tertiary/aromatic N) is 2. The molecule has 1 atom stereocenters. The largest absolute Gasteiger partial charge is 0.495 e. The Labute approximate surface area is 214 Å². The number of aromatic nitrogens is 1. The topological polar surface area (TPSA) is 121 Å². The monoisotopic (exact) mass is 549 g/mol. The van der Waals surface area contributed by atoms with Gasteiger partial charge in [-0.3, -0.25) is 14.9 Å². The number of fused-ring (bicyclic) bond motifs is 1. The van der Waals surface area contributed by atoms with Crippen LogP contribution in [0.4, 0.5) is 11.4 Å². The van der Waals surface area contributed by atoms with Crippen LogP contribution >= 0.6 is 15.9 Å². The second-order valence-electron chi connectivity index (χ2n) is 7.76. The average molecular weight is 550 g/mol. The van der Waals surface area contributed by atoms with Crippen molar-refractivity contribution in [1.29, 1.82) is 0 Å². The second-order valence-corrected chi connectivity index (χ2v) is 8.68. The number of para-hydroxylation sites is 1. The number of anilines is 1. The molecule has 4 aromatic rings. The predicted molar refractivity (Wildman–Crippen MR) is 138 cm³/mol. The summed E-state index contributed by atoms with van der Waals surface area (Å²) >= 11 is 3.44. The Morgan fingerprint density at radius 3 is 2.56 bits per heavy atom. The number of hydrogen-bond donors (Lipinski definition) is 1. The lowest BCUT2D eigenvalue weighted by Crippen LogP contribution is -2.30. The van der Waals surface area contributed by atoms with Crippen LogP contribution in [-0.4, -0.2) is 35.0 Å². The zero-order chi connectivity index (χ0) is 25.8. The van der Waals surface area contributed by atoms with E-state index in [-0.39, 0.29) is 22.7 Å². The molecule has 0 radical (unpaired) electrons. The number of nitro groups is 1. The van der Waals surface area contributed by atoms with Crippen LogP contribution in [0.15, 0.2) is 77.3 Å². The highest BCUT2D eigenvalue weighted by atomic mass is 79.9. The van der Waals surface area contributed by atoms with E-state index in [1.807, 2.05) is 30.3 Å². The van der Waals surface area contributed by atoms with Gasteiger partial charge in [0, 0.05) is 27.6 Å². The van der Waals surface area contributed by atoms with Crippen LogP contribution in [0, 0.1) is 10.1 Å². The van der Waals surface area contributed by atoms with Crippen molar-refractivity contribution in [2.24, 2.45) is 0 Å². The summed E-state index contributed by atoms with van der Waals surface area (Å²) in [7, 11) is 1.37. The molecule has 9 nitrogen and oxygen atoms in total. The Morgan fingerprint density at radius 1 is 1.06 bits per heavy atom. The first-order valence-electron chi connectivity index (χ1n) is 10.8. The fourth-order valence-corrected chi connectivity index (χ4v) is 3.96. The van der Waals surface area contributed by atoms with Gasteiger partial charge in [0.2, 0.25) is 0 Å². The highest BCUT2D eigenvalue weighted by molar-refractivity contribution is 9.10. The maximum Gasteiger partial charge on any atom is 0.339 e. The van der Waals surface area contributed by atoms with Crippen molar-refractivity contribution in [2.45, 2.75) is 13.0 Å². The van der Waals surface area contributed by atoms with Gasteiger partial charge in [-0.05, 0) is 37.3 Å². The summed E-state index contributed by atoms with van der Waals surface area (Å²) in [5.74, 6) is -1.16. The Hall–Kier alpha value is -4.31. The molecular weight excluding hydrogens is 530 g/mol. The van der Waals surface area contributed by atoms with E-state index < -0.39 is 22.9 Å². The second kappa shape index (κ2) is 10.5. The first-order valence-corrected chi connectivity index (χ1v) is 11.6. The van der Waals surface area contributed by atoms with E-state index in [0.29, 0.717) is 16.6 Å². The molecule has 0 spiro atoms. The number of nitro benzene ring substituents is 1. The zero-order valence-electron chi connectivity index (χ0n) is 19.2. The fraction of sp³-hybridized carbons (Fsp3) is 0.115. The summed E-state index contributed by atoms with van der Waals surface area (Å²) in [4.78, 5) is 41.2. The van der Waals surface area contributed by atoms with Crippen LogP contribution in [0.3, 0.4) is 0 Å². The van der Waals surface area contributed by atoms with E-state index in [1.165, 1.54) is 32.2 Å². The van der Waals surface area contributed by atoms with Crippen molar-refractivity contribution in [3.8, 4) is 17.0 Å². The molecule has 182 valence electrons. The van der Waals surface area contributed by atoms with Crippen LogP contribution in [-0.2, 0) is 9.53 Å². The molecule has 0 aliphatic rings. The highest BCUT2D eigenvalue weighted by Gasteiger charge is 2.23. The van der Waals surface area contributed by atoms with E-state index in [9.17, 15) is 19.7 Å². The third-order valence-electron chi connectivity index (χ3n) is 5.36. The van der Waals surface area contributed by atoms with Crippen molar-refractivity contribution >= 4 is 50.1 Å². The van der Waals surface area contributed by atoms with Crippen LogP contribution in [0.1, 0.15) is 17.3 Å². The van der Waals surface area contributed by atoms with E-state index in [2.05, 4.69) is 26.2 Å². The predicted octanol–water partition coefficient (Wildman–Crippen LogP) is 5.77.